The fourth-order valence-corrected chi connectivity index (χ4v) is 4.93. The Bertz CT molecular complexity index is 1310. The zero-order valence-corrected chi connectivity index (χ0v) is 26.0. The van der Waals surface area contributed by atoms with Gasteiger partial charge in [-0.25, -0.2) is 0 Å². The van der Waals surface area contributed by atoms with E-state index in [1.807, 2.05) is 6.08 Å². The standard InChI is InChI=1S/C17H22N2O3.C16H19F3N2O3/c1-3-8-18-9-11-19(12-10-18)17(21)13-22-16-7-5-4-6-15(16)14(2)20;1-2-3-12-10-20-8-9-21(12)15(22)11-23-13-4-6-14(7-5-13)24-16(17,18)19/h3-7H,1,8-13H2,2H3;2,4-7,12,20H,1,3,8-11H2. The van der Waals surface area contributed by atoms with Crippen LogP contribution < -0.4 is 19.5 Å². The van der Waals surface area contributed by atoms with Crippen molar-refractivity contribution in [2.45, 2.75) is 25.7 Å². The van der Waals surface area contributed by atoms with Gasteiger partial charge in [0.1, 0.15) is 17.2 Å². The van der Waals surface area contributed by atoms with Crippen LogP contribution in [-0.2, 0) is 9.59 Å². The zero-order chi connectivity index (χ0) is 33.5. The van der Waals surface area contributed by atoms with E-state index < -0.39 is 6.36 Å². The van der Waals surface area contributed by atoms with Crippen molar-refractivity contribution in [1.29, 1.82) is 0 Å². The second-order valence-electron chi connectivity index (χ2n) is 10.6. The Hall–Kier alpha value is -4.36. The van der Waals surface area contributed by atoms with Gasteiger partial charge in [-0.15, -0.1) is 26.3 Å². The van der Waals surface area contributed by atoms with Gasteiger partial charge in [-0.1, -0.05) is 24.3 Å². The molecule has 250 valence electrons. The molecule has 0 spiro atoms. The number of carbonyl (C=O) groups is 3. The number of alkyl halides is 3. The first-order chi connectivity index (χ1) is 22.0. The number of ketones is 1. The maximum atomic E-state index is 12.3. The Morgan fingerprint density at radius 1 is 0.891 bits per heavy atom. The highest BCUT2D eigenvalue weighted by Crippen LogP contribution is 2.25. The number of amides is 2. The predicted octanol–water partition coefficient (Wildman–Crippen LogP) is 3.94. The van der Waals surface area contributed by atoms with E-state index in [1.54, 1.807) is 40.1 Å². The Labute approximate surface area is 267 Å². The second kappa shape index (κ2) is 18.0. The number of carbonyl (C=O) groups excluding carboxylic acids is 3. The molecule has 2 saturated heterocycles. The largest absolute Gasteiger partial charge is 0.573 e. The molecule has 2 aliphatic heterocycles. The van der Waals surface area contributed by atoms with E-state index in [0.717, 1.165) is 31.8 Å². The summed E-state index contributed by atoms with van der Waals surface area (Å²) in [5, 5.41) is 3.21. The summed E-state index contributed by atoms with van der Waals surface area (Å²) in [4.78, 5) is 41.8. The lowest BCUT2D eigenvalue weighted by Crippen LogP contribution is -2.54. The minimum atomic E-state index is -4.74. The summed E-state index contributed by atoms with van der Waals surface area (Å²) in [5.74, 6) is 0.146. The number of Topliss-reactive ketones (excluding diaryl/α,β-unsaturated/α-hetero) is 1. The maximum Gasteiger partial charge on any atom is 0.573 e. The van der Waals surface area contributed by atoms with Crippen LogP contribution in [-0.4, -0.2) is 110 Å². The topological polar surface area (TPSA) is 101 Å². The summed E-state index contributed by atoms with van der Waals surface area (Å²) >= 11 is 0. The fourth-order valence-electron chi connectivity index (χ4n) is 4.93. The Kier molecular flexibility index (Phi) is 14.1. The molecule has 0 aromatic heterocycles. The minimum Gasteiger partial charge on any atom is -0.484 e. The third-order valence-electron chi connectivity index (χ3n) is 7.26. The number of para-hydroxylation sites is 1. The Morgan fingerprint density at radius 3 is 2.17 bits per heavy atom. The summed E-state index contributed by atoms with van der Waals surface area (Å²) in [5.41, 5.74) is 0.506. The van der Waals surface area contributed by atoms with Crippen LogP contribution >= 0.6 is 0 Å². The van der Waals surface area contributed by atoms with E-state index in [4.69, 9.17) is 9.47 Å². The molecule has 46 heavy (non-hydrogen) atoms. The highest BCUT2D eigenvalue weighted by Gasteiger charge is 2.31. The van der Waals surface area contributed by atoms with Gasteiger partial charge in [0.05, 0.1) is 5.56 Å². The fraction of sp³-hybridized carbons (Fsp3) is 0.424. The van der Waals surface area contributed by atoms with Crippen molar-refractivity contribution in [3.05, 3.63) is 79.4 Å². The molecule has 2 heterocycles. The smallest absolute Gasteiger partial charge is 0.484 e. The molecule has 1 N–H and O–H groups in total. The average Bonchev–Trinajstić information content (AvgIpc) is 3.04. The SMILES string of the molecule is C=CCC1CNCCN1C(=O)COc1ccc(OC(F)(F)F)cc1.C=CCN1CCN(C(=O)COc2ccccc2C(C)=O)CC1. The van der Waals surface area contributed by atoms with Gasteiger partial charge in [0, 0.05) is 58.4 Å². The number of nitrogens with zero attached hydrogens (tertiary/aromatic N) is 3. The molecule has 4 rings (SSSR count). The lowest BCUT2D eigenvalue weighted by Gasteiger charge is -2.35. The molecular weight excluding hydrogens is 605 g/mol. The average molecular weight is 647 g/mol. The number of nitrogens with one attached hydrogen (secondary N) is 1. The molecule has 2 aliphatic rings. The van der Waals surface area contributed by atoms with Gasteiger partial charge in [0.15, 0.2) is 19.0 Å². The van der Waals surface area contributed by atoms with Crippen molar-refractivity contribution >= 4 is 17.6 Å². The van der Waals surface area contributed by atoms with Crippen molar-refractivity contribution in [2.75, 3.05) is 65.6 Å². The van der Waals surface area contributed by atoms with Gasteiger partial charge >= 0.3 is 6.36 Å². The van der Waals surface area contributed by atoms with E-state index in [1.165, 1.54) is 19.1 Å². The molecule has 13 heteroatoms. The van der Waals surface area contributed by atoms with Crippen LogP contribution in [0.1, 0.15) is 23.7 Å². The van der Waals surface area contributed by atoms with Gasteiger partial charge in [-0.2, -0.15) is 0 Å². The molecule has 2 fully saturated rings. The van der Waals surface area contributed by atoms with E-state index in [0.29, 0.717) is 56.2 Å². The molecule has 10 nitrogen and oxygen atoms in total. The summed E-state index contributed by atoms with van der Waals surface area (Å²) in [6.07, 6.45) is -0.416. The molecule has 0 aliphatic carbocycles. The van der Waals surface area contributed by atoms with Crippen molar-refractivity contribution in [2.24, 2.45) is 0 Å². The lowest BCUT2D eigenvalue weighted by atomic mass is 10.1. The maximum absolute atomic E-state index is 12.3. The van der Waals surface area contributed by atoms with Crippen molar-refractivity contribution in [3.8, 4) is 17.2 Å². The van der Waals surface area contributed by atoms with Crippen LogP contribution in [0.3, 0.4) is 0 Å². The third-order valence-corrected chi connectivity index (χ3v) is 7.26. The highest BCUT2D eigenvalue weighted by atomic mass is 19.4. The van der Waals surface area contributed by atoms with Crippen LogP contribution in [0.15, 0.2) is 73.8 Å². The molecule has 1 atom stereocenters. The van der Waals surface area contributed by atoms with Gasteiger partial charge in [-0.3, -0.25) is 19.3 Å². The summed E-state index contributed by atoms with van der Waals surface area (Å²) < 4.78 is 50.9. The summed E-state index contributed by atoms with van der Waals surface area (Å²) in [7, 11) is 0. The molecular formula is C33H41F3N4O6. The van der Waals surface area contributed by atoms with Crippen molar-refractivity contribution < 1.29 is 41.8 Å². The number of rotatable bonds is 12. The molecule has 2 amide bonds. The molecule has 1 unspecified atom stereocenters. The molecule has 0 bridgehead atoms. The van der Waals surface area contributed by atoms with Crippen LogP contribution in [0.25, 0.3) is 0 Å². The zero-order valence-electron chi connectivity index (χ0n) is 26.0. The number of hydrogen-bond donors (Lipinski definition) is 1. The number of halogens is 3. The van der Waals surface area contributed by atoms with E-state index in [9.17, 15) is 27.6 Å². The number of hydrogen-bond acceptors (Lipinski definition) is 8. The Balaban J connectivity index is 0.000000251. The number of ether oxygens (including phenoxy) is 3. The Morgan fingerprint density at radius 2 is 1.54 bits per heavy atom. The number of benzene rings is 2. The van der Waals surface area contributed by atoms with Gasteiger partial charge in [0.25, 0.3) is 11.8 Å². The van der Waals surface area contributed by atoms with Gasteiger partial charge in [0.2, 0.25) is 0 Å². The van der Waals surface area contributed by atoms with E-state index in [-0.39, 0.29) is 42.6 Å². The summed E-state index contributed by atoms with van der Waals surface area (Å²) in [6.45, 7) is 14.6. The summed E-state index contributed by atoms with van der Waals surface area (Å²) in [6, 6.07) is 12.0. The van der Waals surface area contributed by atoms with E-state index >= 15 is 0 Å². The molecule has 2 aromatic carbocycles. The molecule has 0 radical (unpaired) electrons. The third kappa shape index (κ3) is 11.9. The van der Waals surface area contributed by atoms with Gasteiger partial charge < -0.3 is 29.3 Å². The van der Waals surface area contributed by atoms with Crippen LogP contribution in [0.4, 0.5) is 13.2 Å². The predicted molar refractivity (Wildman–Crippen MR) is 167 cm³/mol. The first kappa shape index (κ1) is 36.1. The molecule has 2 aromatic rings. The second-order valence-corrected chi connectivity index (χ2v) is 10.6. The van der Waals surface area contributed by atoms with Crippen LogP contribution in [0.5, 0.6) is 17.2 Å². The van der Waals surface area contributed by atoms with Crippen LogP contribution in [0, 0.1) is 0 Å². The number of piperazine rings is 2. The van der Waals surface area contributed by atoms with Crippen molar-refractivity contribution in [3.63, 3.8) is 0 Å². The first-order valence-corrected chi connectivity index (χ1v) is 14.9. The first-order valence-electron chi connectivity index (χ1n) is 14.9. The lowest BCUT2D eigenvalue weighted by molar-refractivity contribution is -0.274. The normalized spacial score (nSPS) is 16.8. The molecule has 0 saturated carbocycles. The highest BCUT2D eigenvalue weighted by molar-refractivity contribution is 5.96. The monoisotopic (exact) mass is 646 g/mol. The minimum absolute atomic E-state index is 0.0360. The van der Waals surface area contributed by atoms with Crippen molar-refractivity contribution in [1.82, 2.24) is 20.0 Å². The van der Waals surface area contributed by atoms with E-state index in [2.05, 4.69) is 28.1 Å². The van der Waals surface area contributed by atoms with Gasteiger partial charge in [-0.05, 0) is 49.7 Å². The van der Waals surface area contributed by atoms with Crippen LogP contribution in [0.2, 0.25) is 0 Å². The quantitative estimate of drug-likeness (QED) is 0.274.